The molecular formula is C49H46N6O2. The first-order chi connectivity index (χ1) is 28.1. The maximum atomic E-state index is 13.6. The zero-order chi connectivity index (χ0) is 39.0. The Morgan fingerprint density at radius 1 is 0.684 bits per heavy atom. The highest BCUT2D eigenvalue weighted by Gasteiger charge is 2.41. The summed E-state index contributed by atoms with van der Waals surface area (Å²) in [6.45, 7) is 5.15. The highest BCUT2D eigenvalue weighted by Crippen LogP contribution is 2.41. The molecule has 1 atom stereocenters. The van der Waals surface area contributed by atoms with Crippen molar-refractivity contribution in [1.82, 2.24) is 30.6 Å². The van der Waals surface area contributed by atoms with Gasteiger partial charge in [0.1, 0.15) is 0 Å². The third kappa shape index (κ3) is 7.39. The molecule has 8 rings (SSSR count). The molecule has 0 bridgehead atoms. The summed E-state index contributed by atoms with van der Waals surface area (Å²) in [5.41, 5.74) is 12.4. The van der Waals surface area contributed by atoms with E-state index in [1.165, 1.54) is 0 Å². The van der Waals surface area contributed by atoms with Crippen LogP contribution in [0.4, 0.5) is 0 Å². The Kier molecular flexibility index (Phi) is 11.1. The first kappa shape index (κ1) is 37.3. The number of ether oxygens (including phenoxy) is 1. The molecule has 1 aliphatic heterocycles. The second-order valence-electron chi connectivity index (χ2n) is 14.2. The Hall–Kier alpha value is -6.64. The topological polar surface area (TPSA) is 85.2 Å². The number of hydrogen-bond acceptors (Lipinski definition) is 7. The Balaban J connectivity index is 1.15. The SMILES string of the molecule is CCCCN1NC(Cc2ccc(-c3ccccc3-c3nnn(C(c4ccccc4)(c4ccccc4)c4ccccc4)n3)cc2)=C(C(=O)OCC)C1c1ccccc1. The monoisotopic (exact) mass is 750 g/mol. The highest BCUT2D eigenvalue weighted by atomic mass is 16.5. The number of nitrogens with zero attached hydrogens (tertiary/aromatic N) is 5. The highest BCUT2D eigenvalue weighted by molar-refractivity contribution is 5.91. The summed E-state index contributed by atoms with van der Waals surface area (Å²) in [5, 5.41) is 16.9. The summed E-state index contributed by atoms with van der Waals surface area (Å²) < 4.78 is 5.65. The normalized spacial score (nSPS) is 14.4. The first-order valence-corrected chi connectivity index (χ1v) is 19.8. The van der Waals surface area contributed by atoms with E-state index in [1.807, 2.05) is 97.9 Å². The molecule has 0 amide bonds. The van der Waals surface area contributed by atoms with Crippen molar-refractivity contribution in [3.8, 4) is 22.5 Å². The minimum absolute atomic E-state index is 0.233. The standard InChI is InChI=1S/C49H46N6O2/c1-3-5-34-54-46(38-20-10-6-11-21-38)45(48(56)57-4-2)44(51-54)35-36-30-32-37(33-31-36)42-28-18-19-29-43(42)47-50-53-55(52-47)49(39-22-12-7-13-23-39,40-24-14-8-15-25-40)41-26-16-9-17-27-41/h6-33,46,51H,3-5,34-35H2,1-2H3. The number of esters is 1. The number of carbonyl (C=O) groups is 1. The van der Waals surface area contributed by atoms with E-state index in [2.05, 4.69) is 96.2 Å². The van der Waals surface area contributed by atoms with Gasteiger partial charge in [-0.1, -0.05) is 183 Å². The van der Waals surface area contributed by atoms with E-state index >= 15 is 0 Å². The van der Waals surface area contributed by atoms with Crippen LogP contribution in [0.2, 0.25) is 0 Å². The molecule has 57 heavy (non-hydrogen) atoms. The zero-order valence-electron chi connectivity index (χ0n) is 32.3. The van der Waals surface area contributed by atoms with E-state index < -0.39 is 5.54 Å². The van der Waals surface area contributed by atoms with Crippen molar-refractivity contribution in [3.63, 3.8) is 0 Å². The fourth-order valence-corrected chi connectivity index (χ4v) is 7.98. The number of allylic oxidation sites excluding steroid dienone is 1. The molecule has 0 aliphatic carbocycles. The van der Waals surface area contributed by atoms with Crippen LogP contribution < -0.4 is 5.43 Å². The Morgan fingerprint density at radius 3 is 1.79 bits per heavy atom. The van der Waals surface area contributed by atoms with Crippen molar-refractivity contribution in [2.75, 3.05) is 13.2 Å². The van der Waals surface area contributed by atoms with Crippen LogP contribution in [0, 0.1) is 0 Å². The molecule has 0 spiro atoms. The van der Waals surface area contributed by atoms with Gasteiger partial charge in [0.2, 0.25) is 5.82 Å². The number of hydrogen-bond donors (Lipinski definition) is 1. The second kappa shape index (κ2) is 17.0. The third-order valence-electron chi connectivity index (χ3n) is 10.7. The Labute approximate surface area is 334 Å². The largest absolute Gasteiger partial charge is 0.463 e. The van der Waals surface area contributed by atoms with Gasteiger partial charge in [-0.05, 0) is 57.5 Å². The van der Waals surface area contributed by atoms with Crippen LogP contribution in [0.15, 0.2) is 181 Å². The number of tetrazole rings is 1. The van der Waals surface area contributed by atoms with Crippen LogP contribution in [-0.2, 0) is 21.5 Å². The quantitative estimate of drug-likeness (QED) is 0.0876. The molecule has 8 nitrogen and oxygen atoms in total. The molecule has 0 radical (unpaired) electrons. The predicted octanol–water partition coefficient (Wildman–Crippen LogP) is 9.57. The lowest BCUT2D eigenvalue weighted by Gasteiger charge is -2.34. The summed E-state index contributed by atoms with van der Waals surface area (Å²) in [6, 6.07) is 57.8. The summed E-state index contributed by atoms with van der Waals surface area (Å²) >= 11 is 0. The summed E-state index contributed by atoms with van der Waals surface area (Å²) in [7, 11) is 0. The molecule has 1 N–H and O–H groups in total. The smallest absolute Gasteiger partial charge is 0.337 e. The van der Waals surface area contributed by atoms with Crippen molar-refractivity contribution in [2.24, 2.45) is 0 Å². The molecule has 0 saturated carbocycles. The summed E-state index contributed by atoms with van der Waals surface area (Å²) in [5.74, 6) is 0.245. The van der Waals surface area contributed by atoms with Gasteiger partial charge in [-0.25, -0.2) is 9.80 Å². The molecule has 6 aromatic carbocycles. The van der Waals surface area contributed by atoms with Gasteiger partial charge in [0.15, 0.2) is 5.54 Å². The van der Waals surface area contributed by atoms with E-state index in [9.17, 15) is 4.79 Å². The molecule has 8 heteroatoms. The molecule has 0 saturated heterocycles. The molecule has 1 aromatic heterocycles. The number of hydrazine groups is 1. The summed E-state index contributed by atoms with van der Waals surface area (Å²) in [6.07, 6.45) is 2.60. The Morgan fingerprint density at radius 2 is 1.23 bits per heavy atom. The van der Waals surface area contributed by atoms with Gasteiger partial charge in [0, 0.05) is 24.2 Å². The van der Waals surface area contributed by atoms with Gasteiger partial charge in [-0.3, -0.25) is 0 Å². The molecule has 1 aliphatic rings. The zero-order valence-corrected chi connectivity index (χ0v) is 32.3. The molecule has 284 valence electrons. The molecule has 2 heterocycles. The van der Waals surface area contributed by atoms with Crippen molar-refractivity contribution < 1.29 is 9.53 Å². The summed E-state index contributed by atoms with van der Waals surface area (Å²) in [4.78, 5) is 15.4. The van der Waals surface area contributed by atoms with E-state index in [1.54, 1.807) is 4.80 Å². The molecule has 0 fully saturated rings. The van der Waals surface area contributed by atoms with Crippen molar-refractivity contribution in [1.29, 1.82) is 0 Å². The average Bonchev–Trinajstić information content (AvgIpc) is 3.91. The van der Waals surface area contributed by atoms with Crippen LogP contribution in [0.1, 0.15) is 60.5 Å². The minimum Gasteiger partial charge on any atom is -0.463 e. The lowest BCUT2D eigenvalue weighted by atomic mass is 9.77. The van der Waals surface area contributed by atoms with Gasteiger partial charge >= 0.3 is 5.97 Å². The van der Waals surface area contributed by atoms with Gasteiger partial charge in [-0.15, -0.1) is 15.0 Å². The van der Waals surface area contributed by atoms with E-state index in [0.717, 1.165) is 69.6 Å². The molecular weight excluding hydrogens is 705 g/mol. The van der Waals surface area contributed by atoms with Crippen molar-refractivity contribution in [3.05, 3.63) is 209 Å². The van der Waals surface area contributed by atoms with Crippen molar-refractivity contribution >= 4 is 5.97 Å². The number of nitrogens with one attached hydrogen (secondary N) is 1. The lowest BCUT2D eigenvalue weighted by molar-refractivity contribution is -0.139. The van der Waals surface area contributed by atoms with Crippen molar-refractivity contribution in [2.45, 2.75) is 44.7 Å². The number of unbranched alkanes of at least 4 members (excludes halogenated alkanes) is 1. The maximum absolute atomic E-state index is 13.6. The molecule has 7 aromatic rings. The second-order valence-corrected chi connectivity index (χ2v) is 14.2. The van der Waals surface area contributed by atoms with E-state index in [0.29, 0.717) is 24.4 Å². The maximum Gasteiger partial charge on any atom is 0.337 e. The van der Waals surface area contributed by atoms with Gasteiger partial charge in [-0.2, -0.15) is 0 Å². The van der Waals surface area contributed by atoms with Crippen LogP contribution in [0.3, 0.4) is 0 Å². The van der Waals surface area contributed by atoms with Gasteiger partial charge in [0.25, 0.3) is 0 Å². The number of rotatable bonds is 14. The third-order valence-corrected chi connectivity index (χ3v) is 10.7. The van der Waals surface area contributed by atoms with Crippen LogP contribution in [0.25, 0.3) is 22.5 Å². The first-order valence-electron chi connectivity index (χ1n) is 19.8. The fraction of sp³-hybridized carbons (Fsp3) is 0.184. The van der Waals surface area contributed by atoms with Crippen LogP contribution in [0.5, 0.6) is 0 Å². The number of benzene rings is 6. The molecule has 1 unspecified atom stereocenters. The predicted molar refractivity (Wildman–Crippen MR) is 225 cm³/mol. The lowest BCUT2D eigenvalue weighted by Crippen LogP contribution is -2.39. The minimum atomic E-state index is -0.872. The average molecular weight is 751 g/mol. The van der Waals surface area contributed by atoms with Gasteiger partial charge in [0.05, 0.1) is 18.2 Å². The fourth-order valence-electron chi connectivity index (χ4n) is 7.98. The Bertz CT molecular complexity index is 2330. The van der Waals surface area contributed by atoms with Crippen LogP contribution in [-0.4, -0.2) is 44.3 Å². The van der Waals surface area contributed by atoms with Crippen LogP contribution >= 0.6 is 0 Å². The van der Waals surface area contributed by atoms with Gasteiger partial charge < -0.3 is 10.2 Å². The van der Waals surface area contributed by atoms with E-state index in [4.69, 9.17) is 20.1 Å². The van der Waals surface area contributed by atoms with E-state index in [-0.39, 0.29) is 12.0 Å². The number of carbonyl (C=O) groups excluding carboxylic acids is 1. The number of aromatic nitrogens is 4.